The fourth-order valence-electron chi connectivity index (χ4n) is 1.19. The van der Waals surface area contributed by atoms with E-state index in [9.17, 15) is 4.39 Å². The standard InChI is InChI=1S/C10H6BrClFNO/c11-6-1-2-9(13)8(3-6)10-4-7(5-12)14-15-10/h1-4H,5H2. The van der Waals surface area contributed by atoms with Gasteiger partial charge in [-0.05, 0) is 18.2 Å². The van der Waals surface area contributed by atoms with Gasteiger partial charge in [0, 0.05) is 10.5 Å². The molecule has 0 unspecified atom stereocenters. The van der Waals surface area contributed by atoms with E-state index in [1.54, 1.807) is 18.2 Å². The summed E-state index contributed by atoms with van der Waals surface area (Å²) in [6, 6.07) is 6.24. The molecule has 0 atom stereocenters. The van der Waals surface area contributed by atoms with Gasteiger partial charge in [0.25, 0.3) is 0 Å². The Hall–Kier alpha value is -0.870. The van der Waals surface area contributed by atoms with Crippen molar-refractivity contribution < 1.29 is 8.91 Å². The van der Waals surface area contributed by atoms with Crippen molar-refractivity contribution in [2.45, 2.75) is 5.88 Å². The first-order valence-corrected chi connectivity index (χ1v) is 5.50. The second-order valence-corrected chi connectivity index (χ2v) is 4.12. The molecule has 0 radical (unpaired) electrons. The lowest BCUT2D eigenvalue weighted by atomic mass is 10.1. The molecule has 0 aliphatic rings. The molecule has 0 saturated heterocycles. The third kappa shape index (κ3) is 2.21. The van der Waals surface area contributed by atoms with E-state index in [0.717, 1.165) is 4.47 Å². The molecule has 1 aromatic carbocycles. The summed E-state index contributed by atoms with van der Waals surface area (Å²) >= 11 is 8.84. The molecule has 0 spiro atoms. The van der Waals surface area contributed by atoms with Crippen LogP contribution in [0.15, 0.2) is 33.3 Å². The van der Waals surface area contributed by atoms with Crippen LogP contribution in [0.25, 0.3) is 11.3 Å². The molecule has 0 aliphatic heterocycles. The minimum absolute atomic E-state index is 0.249. The van der Waals surface area contributed by atoms with Crippen LogP contribution in [-0.4, -0.2) is 5.16 Å². The van der Waals surface area contributed by atoms with Crippen LogP contribution in [0.1, 0.15) is 5.69 Å². The molecule has 1 heterocycles. The summed E-state index contributed by atoms with van der Waals surface area (Å²) in [5.41, 5.74) is 0.958. The van der Waals surface area contributed by atoms with Crippen LogP contribution in [0, 0.1) is 5.82 Å². The molecule has 2 aromatic rings. The van der Waals surface area contributed by atoms with Gasteiger partial charge in [-0.3, -0.25) is 0 Å². The van der Waals surface area contributed by atoms with Gasteiger partial charge in [-0.25, -0.2) is 4.39 Å². The third-order valence-corrected chi connectivity index (χ3v) is 2.66. The van der Waals surface area contributed by atoms with Crippen molar-refractivity contribution >= 4 is 27.5 Å². The Morgan fingerprint density at radius 3 is 2.87 bits per heavy atom. The van der Waals surface area contributed by atoms with Crippen LogP contribution in [0.5, 0.6) is 0 Å². The van der Waals surface area contributed by atoms with E-state index in [1.165, 1.54) is 6.07 Å². The van der Waals surface area contributed by atoms with Crippen LogP contribution < -0.4 is 0 Å². The van der Waals surface area contributed by atoms with Crippen LogP contribution in [0.2, 0.25) is 0 Å². The van der Waals surface area contributed by atoms with Gasteiger partial charge in [-0.15, -0.1) is 11.6 Å². The molecule has 2 rings (SSSR count). The zero-order chi connectivity index (χ0) is 10.8. The van der Waals surface area contributed by atoms with Gasteiger partial charge in [-0.2, -0.15) is 0 Å². The summed E-state index contributed by atoms with van der Waals surface area (Å²) < 4.78 is 19.2. The lowest BCUT2D eigenvalue weighted by Crippen LogP contribution is -1.81. The van der Waals surface area contributed by atoms with Crippen molar-refractivity contribution in [2.24, 2.45) is 0 Å². The Morgan fingerprint density at radius 2 is 2.20 bits per heavy atom. The highest BCUT2D eigenvalue weighted by molar-refractivity contribution is 9.10. The largest absolute Gasteiger partial charge is 0.356 e. The number of nitrogens with zero attached hydrogens (tertiary/aromatic N) is 1. The molecule has 0 saturated carbocycles. The van der Waals surface area contributed by atoms with Crippen molar-refractivity contribution in [2.75, 3.05) is 0 Å². The maximum absolute atomic E-state index is 13.4. The van der Waals surface area contributed by atoms with Gasteiger partial charge in [-0.1, -0.05) is 21.1 Å². The van der Waals surface area contributed by atoms with Crippen LogP contribution in [-0.2, 0) is 5.88 Å². The van der Waals surface area contributed by atoms with Gasteiger partial charge >= 0.3 is 0 Å². The first-order valence-electron chi connectivity index (χ1n) is 4.17. The minimum atomic E-state index is -0.351. The van der Waals surface area contributed by atoms with Crippen molar-refractivity contribution in [3.8, 4) is 11.3 Å². The van der Waals surface area contributed by atoms with E-state index in [-0.39, 0.29) is 11.7 Å². The average molecular weight is 291 g/mol. The Morgan fingerprint density at radius 1 is 1.40 bits per heavy atom. The lowest BCUT2D eigenvalue weighted by Gasteiger charge is -1.98. The summed E-state index contributed by atoms with van der Waals surface area (Å²) in [5.74, 6) is 0.277. The van der Waals surface area contributed by atoms with E-state index in [2.05, 4.69) is 21.1 Å². The summed E-state index contributed by atoms with van der Waals surface area (Å²) in [4.78, 5) is 0. The number of hydrogen-bond donors (Lipinski definition) is 0. The molecule has 1 aromatic heterocycles. The van der Waals surface area contributed by atoms with E-state index >= 15 is 0 Å². The highest BCUT2D eigenvalue weighted by atomic mass is 79.9. The summed E-state index contributed by atoms with van der Waals surface area (Å²) in [6.45, 7) is 0. The quantitative estimate of drug-likeness (QED) is 0.782. The van der Waals surface area contributed by atoms with Gasteiger partial charge in [0.15, 0.2) is 5.76 Å². The number of halogens is 3. The molecular weight excluding hydrogens is 284 g/mol. The fraction of sp³-hybridized carbons (Fsp3) is 0.100. The van der Waals surface area contributed by atoms with E-state index in [0.29, 0.717) is 17.0 Å². The zero-order valence-corrected chi connectivity index (χ0v) is 9.85. The summed E-state index contributed by atoms with van der Waals surface area (Å²) in [6.07, 6.45) is 0. The van der Waals surface area contributed by atoms with Gasteiger partial charge < -0.3 is 4.52 Å². The van der Waals surface area contributed by atoms with E-state index in [1.807, 2.05) is 0 Å². The van der Waals surface area contributed by atoms with Crippen molar-refractivity contribution in [1.82, 2.24) is 5.16 Å². The Balaban J connectivity index is 2.48. The Labute approximate surface area is 99.2 Å². The SMILES string of the molecule is Fc1ccc(Br)cc1-c1cc(CCl)no1. The van der Waals surface area contributed by atoms with Crippen molar-refractivity contribution in [3.05, 3.63) is 40.2 Å². The first-order chi connectivity index (χ1) is 7.20. The molecule has 78 valence electrons. The number of aromatic nitrogens is 1. The molecule has 0 fully saturated rings. The average Bonchev–Trinajstić information content (AvgIpc) is 2.70. The zero-order valence-electron chi connectivity index (χ0n) is 7.51. The highest BCUT2D eigenvalue weighted by Crippen LogP contribution is 2.27. The normalized spacial score (nSPS) is 10.6. The summed E-state index contributed by atoms with van der Waals surface area (Å²) in [7, 11) is 0. The number of alkyl halides is 1. The number of hydrogen-bond acceptors (Lipinski definition) is 2. The van der Waals surface area contributed by atoms with Crippen molar-refractivity contribution in [3.63, 3.8) is 0 Å². The van der Waals surface area contributed by atoms with Crippen molar-refractivity contribution in [1.29, 1.82) is 0 Å². The Kier molecular flexibility index (Phi) is 3.07. The molecular formula is C10H6BrClFNO. The molecule has 0 amide bonds. The van der Waals surface area contributed by atoms with Crippen LogP contribution in [0.4, 0.5) is 4.39 Å². The van der Waals surface area contributed by atoms with Gasteiger partial charge in [0.05, 0.1) is 17.1 Å². The predicted molar refractivity (Wildman–Crippen MR) is 59.2 cm³/mol. The predicted octanol–water partition coefficient (Wildman–Crippen LogP) is 3.98. The fourth-order valence-corrected chi connectivity index (χ4v) is 1.68. The molecule has 5 heteroatoms. The molecule has 15 heavy (non-hydrogen) atoms. The smallest absolute Gasteiger partial charge is 0.170 e. The molecule has 0 bridgehead atoms. The lowest BCUT2D eigenvalue weighted by molar-refractivity contribution is 0.424. The van der Waals surface area contributed by atoms with Crippen LogP contribution >= 0.6 is 27.5 Å². The molecule has 2 nitrogen and oxygen atoms in total. The molecule has 0 N–H and O–H groups in total. The maximum atomic E-state index is 13.4. The topological polar surface area (TPSA) is 26.0 Å². The van der Waals surface area contributed by atoms with Crippen LogP contribution in [0.3, 0.4) is 0 Å². The van der Waals surface area contributed by atoms with Gasteiger partial charge in [0.2, 0.25) is 0 Å². The molecule has 0 aliphatic carbocycles. The minimum Gasteiger partial charge on any atom is -0.356 e. The highest BCUT2D eigenvalue weighted by Gasteiger charge is 2.11. The van der Waals surface area contributed by atoms with Gasteiger partial charge in [0.1, 0.15) is 5.82 Å². The third-order valence-electron chi connectivity index (χ3n) is 1.89. The monoisotopic (exact) mass is 289 g/mol. The summed E-state index contributed by atoms with van der Waals surface area (Å²) in [5, 5.41) is 3.69. The maximum Gasteiger partial charge on any atom is 0.170 e. The number of rotatable bonds is 2. The Bertz CT molecular complexity index is 486. The first kappa shape index (κ1) is 10.6. The number of benzene rings is 1. The van der Waals surface area contributed by atoms with E-state index < -0.39 is 0 Å². The van der Waals surface area contributed by atoms with E-state index in [4.69, 9.17) is 16.1 Å². The second-order valence-electron chi connectivity index (χ2n) is 2.94. The second kappa shape index (κ2) is 4.33.